The SMILES string of the molecule is CN(CCO)C(=O)C1CC(=O)c2c([nH]c(-c3ccncc3OCCN=O)c2Nc2ccccc2)C1. The van der Waals surface area contributed by atoms with Crippen molar-refractivity contribution in [3.05, 3.63) is 65.0 Å². The molecule has 10 heteroatoms. The van der Waals surface area contributed by atoms with E-state index in [0.717, 1.165) is 5.69 Å². The number of aromatic nitrogens is 2. The summed E-state index contributed by atoms with van der Waals surface area (Å²) in [5.74, 6) is -0.409. The van der Waals surface area contributed by atoms with Gasteiger partial charge in [0.05, 0.1) is 35.7 Å². The molecule has 2 heterocycles. The van der Waals surface area contributed by atoms with Gasteiger partial charge in [0, 0.05) is 49.6 Å². The summed E-state index contributed by atoms with van der Waals surface area (Å²) >= 11 is 0. The Morgan fingerprint density at radius 2 is 2.09 bits per heavy atom. The van der Waals surface area contributed by atoms with Crippen LogP contribution in [0.15, 0.2) is 54.0 Å². The normalized spacial score (nSPS) is 14.8. The number of aliphatic hydroxyl groups is 1. The highest BCUT2D eigenvalue weighted by atomic mass is 16.5. The molecule has 0 fully saturated rings. The third kappa shape index (κ3) is 5.22. The van der Waals surface area contributed by atoms with Crippen molar-refractivity contribution in [3.8, 4) is 17.0 Å². The Morgan fingerprint density at radius 1 is 1.29 bits per heavy atom. The number of hydrogen-bond acceptors (Lipinski definition) is 8. The van der Waals surface area contributed by atoms with Crippen LogP contribution in [0.2, 0.25) is 0 Å². The van der Waals surface area contributed by atoms with E-state index in [-0.39, 0.29) is 44.4 Å². The lowest BCUT2D eigenvalue weighted by atomic mass is 9.85. The van der Waals surface area contributed by atoms with Crippen molar-refractivity contribution < 1.29 is 19.4 Å². The van der Waals surface area contributed by atoms with Gasteiger partial charge < -0.3 is 25.0 Å². The molecule has 1 aliphatic rings. The maximum Gasteiger partial charge on any atom is 0.226 e. The van der Waals surface area contributed by atoms with Gasteiger partial charge in [-0.1, -0.05) is 23.4 Å². The minimum atomic E-state index is -0.519. The van der Waals surface area contributed by atoms with Crippen molar-refractivity contribution in [2.75, 3.05) is 38.7 Å². The minimum absolute atomic E-state index is 0.00564. The molecule has 0 radical (unpaired) electrons. The fourth-order valence-corrected chi connectivity index (χ4v) is 4.29. The minimum Gasteiger partial charge on any atom is -0.489 e. The molecule has 0 spiro atoms. The van der Waals surface area contributed by atoms with Gasteiger partial charge in [-0.05, 0) is 18.2 Å². The molecule has 10 nitrogen and oxygen atoms in total. The quantitative estimate of drug-likeness (QED) is 0.301. The van der Waals surface area contributed by atoms with E-state index < -0.39 is 5.92 Å². The maximum atomic E-state index is 13.4. The summed E-state index contributed by atoms with van der Waals surface area (Å²) in [4.78, 5) is 45.7. The zero-order valence-corrected chi connectivity index (χ0v) is 19.4. The molecule has 0 saturated carbocycles. The highest BCUT2D eigenvalue weighted by Gasteiger charge is 2.36. The first-order chi connectivity index (χ1) is 17.0. The van der Waals surface area contributed by atoms with Crippen LogP contribution < -0.4 is 10.1 Å². The molecule has 4 rings (SSSR count). The summed E-state index contributed by atoms with van der Waals surface area (Å²) in [5, 5.41) is 15.4. The molecule has 2 aromatic heterocycles. The molecule has 1 aromatic carbocycles. The number of nitrogens with zero attached hydrogens (tertiary/aromatic N) is 3. The number of para-hydroxylation sites is 1. The largest absolute Gasteiger partial charge is 0.489 e. The lowest BCUT2D eigenvalue weighted by Crippen LogP contribution is -2.38. The van der Waals surface area contributed by atoms with E-state index in [1.165, 1.54) is 4.90 Å². The number of ether oxygens (including phenoxy) is 1. The van der Waals surface area contributed by atoms with Gasteiger partial charge in [0.1, 0.15) is 18.9 Å². The Labute approximate surface area is 202 Å². The van der Waals surface area contributed by atoms with Crippen LogP contribution in [0.25, 0.3) is 11.3 Å². The standard InChI is InChI=1S/C25H27N5O5/c1-30(10-11-31)25(33)16-13-19-22(20(32)14-16)24(28-17-5-3-2-4-6-17)23(29-19)18-7-8-26-15-21(18)35-12-9-27-34/h2-8,15-16,28-29,31H,9-14H2,1H3. The number of H-pyrrole nitrogens is 1. The molecule has 3 aromatic rings. The molecule has 1 amide bonds. The number of anilines is 2. The molecule has 1 atom stereocenters. The summed E-state index contributed by atoms with van der Waals surface area (Å²) in [6.45, 7) is 0.155. The third-order valence-corrected chi connectivity index (χ3v) is 5.94. The molecule has 35 heavy (non-hydrogen) atoms. The number of rotatable bonds is 10. The summed E-state index contributed by atoms with van der Waals surface area (Å²) < 4.78 is 5.74. The number of nitroso groups, excluding NO2 is 1. The molecular weight excluding hydrogens is 450 g/mol. The van der Waals surface area contributed by atoms with E-state index >= 15 is 0 Å². The lowest BCUT2D eigenvalue weighted by molar-refractivity contribution is -0.134. The summed E-state index contributed by atoms with van der Waals surface area (Å²) in [7, 11) is 1.62. The van der Waals surface area contributed by atoms with Gasteiger partial charge in [-0.15, -0.1) is 0 Å². The van der Waals surface area contributed by atoms with Crippen molar-refractivity contribution in [1.82, 2.24) is 14.9 Å². The second kappa shape index (κ2) is 10.9. The molecule has 0 bridgehead atoms. The number of nitrogens with one attached hydrogen (secondary N) is 2. The van der Waals surface area contributed by atoms with Gasteiger partial charge in [0.15, 0.2) is 5.78 Å². The second-order valence-corrected chi connectivity index (χ2v) is 8.30. The highest BCUT2D eigenvalue weighted by Crippen LogP contribution is 2.42. The zero-order chi connectivity index (χ0) is 24.8. The number of carbonyl (C=O) groups excluding carboxylic acids is 2. The van der Waals surface area contributed by atoms with Gasteiger partial charge in [0.2, 0.25) is 5.91 Å². The number of ketones is 1. The van der Waals surface area contributed by atoms with Crippen LogP contribution in [-0.2, 0) is 11.2 Å². The zero-order valence-electron chi connectivity index (χ0n) is 19.4. The predicted octanol–water partition coefficient (Wildman–Crippen LogP) is 3.16. The average molecular weight is 478 g/mol. The van der Waals surface area contributed by atoms with E-state index in [9.17, 15) is 19.6 Å². The van der Waals surface area contributed by atoms with Crippen LogP contribution in [0, 0.1) is 10.8 Å². The van der Waals surface area contributed by atoms with Crippen LogP contribution >= 0.6 is 0 Å². The topological polar surface area (TPSA) is 137 Å². The van der Waals surface area contributed by atoms with Crippen molar-refractivity contribution >= 4 is 23.1 Å². The first kappa shape index (κ1) is 24.1. The number of likely N-dealkylation sites (N-methyl/N-ethyl adjacent to an activating group) is 1. The number of fused-ring (bicyclic) bond motifs is 1. The molecule has 0 aliphatic heterocycles. The Morgan fingerprint density at radius 3 is 2.83 bits per heavy atom. The first-order valence-corrected chi connectivity index (χ1v) is 11.4. The fourth-order valence-electron chi connectivity index (χ4n) is 4.29. The van der Waals surface area contributed by atoms with E-state index in [2.05, 4.69) is 20.5 Å². The van der Waals surface area contributed by atoms with E-state index in [1.54, 1.807) is 25.5 Å². The van der Waals surface area contributed by atoms with Gasteiger partial charge >= 0.3 is 0 Å². The van der Waals surface area contributed by atoms with Crippen LogP contribution in [-0.4, -0.2) is 65.0 Å². The number of hydrogen-bond donors (Lipinski definition) is 3. The van der Waals surface area contributed by atoms with Crippen LogP contribution in [0.1, 0.15) is 22.5 Å². The van der Waals surface area contributed by atoms with Crippen LogP contribution in [0.3, 0.4) is 0 Å². The lowest BCUT2D eigenvalue weighted by Gasteiger charge is -2.26. The van der Waals surface area contributed by atoms with Crippen molar-refractivity contribution in [2.45, 2.75) is 12.8 Å². The molecule has 3 N–H and O–H groups in total. The summed E-state index contributed by atoms with van der Waals surface area (Å²) in [6.07, 6.45) is 3.59. The van der Waals surface area contributed by atoms with E-state index in [1.807, 2.05) is 30.3 Å². The van der Waals surface area contributed by atoms with E-state index in [0.29, 0.717) is 40.4 Å². The van der Waals surface area contributed by atoms with Crippen LogP contribution in [0.4, 0.5) is 11.4 Å². The molecule has 1 aliphatic carbocycles. The van der Waals surface area contributed by atoms with Crippen molar-refractivity contribution in [1.29, 1.82) is 0 Å². The van der Waals surface area contributed by atoms with Gasteiger partial charge in [-0.25, -0.2) is 0 Å². The average Bonchev–Trinajstić information content (AvgIpc) is 3.23. The number of carbonyl (C=O) groups is 2. The monoisotopic (exact) mass is 477 g/mol. The Bertz CT molecular complexity index is 1210. The number of aromatic amines is 1. The molecular formula is C25H27N5O5. The number of pyridine rings is 1. The van der Waals surface area contributed by atoms with Gasteiger partial charge in [-0.3, -0.25) is 14.6 Å². The molecule has 182 valence electrons. The second-order valence-electron chi connectivity index (χ2n) is 8.30. The number of Topliss-reactive ketones (excluding diaryl/α,β-unsaturated/α-hetero) is 1. The Kier molecular flexibility index (Phi) is 7.51. The maximum absolute atomic E-state index is 13.4. The van der Waals surface area contributed by atoms with Gasteiger partial charge in [0.25, 0.3) is 0 Å². The summed E-state index contributed by atoms with van der Waals surface area (Å²) in [6, 6.07) is 11.2. The number of amides is 1. The van der Waals surface area contributed by atoms with Crippen molar-refractivity contribution in [2.24, 2.45) is 11.1 Å². The van der Waals surface area contributed by atoms with Crippen molar-refractivity contribution in [3.63, 3.8) is 0 Å². The number of benzene rings is 1. The third-order valence-electron chi connectivity index (χ3n) is 5.94. The number of aliphatic hydroxyl groups excluding tert-OH is 1. The van der Waals surface area contributed by atoms with Crippen LogP contribution in [0.5, 0.6) is 5.75 Å². The predicted molar refractivity (Wildman–Crippen MR) is 131 cm³/mol. The van der Waals surface area contributed by atoms with Gasteiger partial charge in [-0.2, -0.15) is 4.91 Å². The Hall–Kier alpha value is -4.05. The molecule has 1 unspecified atom stereocenters. The molecule has 0 saturated heterocycles. The van der Waals surface area contributed by atoms with E-state index in [4.69, 9.17) is 4.74 Å². The smallest absolute Gasteiger partial charge is 0.226 e. The highest BCUT2D eigenvalue weighted by molar-refractivity contribution is 6.09. The summed E-state index contributed by atoms with van der Waals surface area (Å²) in [5.41, 5.74) is 3.84. The fraction of sp³-hybridized carbons (Fsp3) is 0.320. The first-order valence-electron chi connectivity index (χ1n) is 11.4. The Balaban J connectivity index is 1.77.